The first-order valence-corrected chi connectivity index (χ1v) is 7.58. The second-order valence-electron chi connectivity index (χ2n) is 4.27. The van der Waals surface area contributed by atoms with Crippen molar-refractivity contribution in [3.05, 3.63) is 17.8 Å². The van der Waals surface area contributed by atoms with Crippen molar-refractivity contribution in [1.29, 1.82) is 0 Å². The van der Waals surface area contributed by atoms with E-state index >= 15 is 0 Å². The second-order valence-corrected chi connectivity index (χ2v) is 5.25. The second kappa shape index (κ2) is 8.23. The largest absolute Gasteiger partial charge is 0.397 e. The number of hydrogen-bond acceptors (Lipinski definition) is 4. The van der Waals surface area contributed by atoms with Crippen molar-refractivity contribution in [2.45, 2.75) is 32.6 Å². The number of aryl methyl sites for hydroxylation is 1. The number of nitrogens with one attached hydrogen (secondary N) is 1. The fourth-order valence-corrected chi connectivity index (χ4v) is 2.21. The van der Waals surface area contributed by atoms with Crippen LogP contribution in [0.3, 0.4) is 0 Å². The summed E-state index contributed by atoms with van der Waals surface area (Å²) in [4.78, 5) is 4.29. The molecule has 0 atom stereocenters. The summed E-state index contributed by atoms with van der Waals surface area (Å²) in [6.07, 6.45) is 9.03. The summed E-state index contributed by atoms with van der Waals surface area (Å²) in [5, 5.41) is 3.36. The Labute approximate surface area is 109 Å². The summed E-state index contributed by atoms with van der Waals surface area (Å²) in [5.74, 6) is 2.25. The third-order valence-electron chi connectivity index (χ3n) is 2.67. The summed E-state index contributed by atoms with van der Waals surface area (Å²) >= 11 is 1.93. The number of rotatable bonds is 8. The lowest BCUT2D eigenvalue weighted by molar-refractivity contribution is 0.688. The van der Waals surface area contributed by atoms with E-state index in [-0.39, 0.29) is 0 Å². The number of aromatic nitrogens is 1. The summed E-state index contributed by atoms with van der Waals surface area (Å²) < 4.78 is 0. The number of pyridine rings is 1. The van der Waals surface area contributed by atoms with Crippen molar-refractivity contribution in [3.8, 4) is 0 Å². The Bertz CT molecular complexity index is 328. The van der Waals surface area contributed by atoms with Gasteiger partial charge in [0.2, 0.25) is 0 Å². The van der Waals surface area contributed by atoms with Gasteiger partial charge in [0.25, 0.3) is 0 Å². The van der Waals surface area contributed by atoms with Crippen molar-refractivity contribution in [3.63, 3.8) is 0 Å². The maximum Gasteiger partial charge on any atom is 0.128 e. The molecule has 0 radical (unpaired) electrons. The van der Waals surface area contributed by atoms with Gasteiger partial charge < -0.3 is 11.1 Å². The maximum atomic E-state index is 5.66. The Morgan fingerprint density at radius 1 is 1.29 bits per heavy atom. The molecule has 0 saturated heterocycles. The molecular weight excluding hydrogens is 230 g/mol. The van der Waals surface area contributed by atoms with Crippen LogP contribution in [0.4, 0.5) is 11.5 Å². The number of nitrogens with zero attached hydrogens (tertiary/aromatic N) is 1. The zero-order chi connectivity index (χ0) is 12.5. The zero-order valence-electron chi connectivity index (χ0n) is 10.8. The SMILES string of the molecule is CSCCCCCCNc1ncc(N)cc1C. The number of hydrogen-bond donors (Lipinski definition) is 2. The van der Waals surface area contributed by atoms with E-state index < -0.39 is 0 Å². The van der Waals surface area contributed by atoms with Gasteiger partial charge >= 0.3 is 0 Å². The average molecular weight is 253 g/mol. The van der Waals surface area contributed by atoms with E-state index in [2.05, 4.69) is 16.6 Å². The first-order valence-electron chi connectivity index (χ1n) is 6.19. The molecule has 0 amide bonds. The highest BCUT2D eigenvalue weighted by atomic mass is 32.2. The van der Waals surface area contributed by atoms with Crippen LogP contribution < -0.4 is 11.1 Å². The Morgan fingerprint density at radius 3 is 2.76 bits per heavy atom. The molecule has 4 heteroatoms. The predicted molar refractivity (Wildman–Crippen MR) is 78.7 cm³/mol. The minimum Gasteiger partial charge on any atom is -0.397 e. The van der Waals surface area contributed by atoms with Crippen LogP contribution in [-0.2, 0) is 0 Å². The minimum atomic E-state index is 0.727. The van der Waals surface area contributed by atoms with Crippen LogP contribution in [0, 0.1) is 6.92 Å². The maximum absolute atomic E-state index is 5.66. The van der Waals surface area contributed by atoms with Crippen molar-refractivity contribution in [2.24, 2.45) is 0 Å². The summed E-state index contributed by atoms with van der Waals surface area (Å²) in [7, 11) is 0. The molecule has 0 aliphatic carbocycles. The van der Waals surface area contributed by atoms with Gasteiger partial charge in [-0.2, -0.15) is 11.8 Å². The summed E-state index contributed by atoms with van der Waals surface area (Å²) in [5.41, 5.74) is 7.50. The molecule has 0 fully saturated rings. The standard InChI is InChI=1S/C13H23N3S/c1-11-9-12(14)10-16-13(11)15-7-5-3-4-6-8-17-2/h9-10H,3-8,14H2,1-2H3,(H,15,16). The molecule has 1 heterocycles. The molecule has 3 nitrogen and oxygen atoms in total. The van der Waals surface area contributed by atoms with E-state index in [0.717, 1.165) is 23.6 Å². The molecule has 0 aliphatic rings. The summed E-state index contributed by atoms with van der Waals surface area (Å²) in [6, 6.07) is 1.95. The predicted octanol–water partition coefficient (Wildman–Crippen LogP) is 3.31. The van der Waals surface area contributed by atoms with E-state index in [1.54, 1.807) is 6.20 Å². The molecule has 1 rings (SSSR count). The van der Waals surface area contributed by atoms with Gasteiger partial charge in [-0.25, -0.2) is 4.98 Å². The molecule has 0 aromatic carbocycles. The number of nitrogen functional groups attached to an aromatic ring is 1. The zero-order valence-corrected chi connectivity index (χ0v) is 11.6. The molecule has 0 spiro atoms. The van der Waals surface area contributed by atoms with Crippen LogP contribution in [0.2, 0.25) is 0 Å². The lowest BCUT2D eigenvalue weighted by Gasteiger charge is -2.08. The van der Waals surface area contributed by atoms with Crippen molar-refractivity contribution in [1.82, 2.24) is 4.98 Å². The summed E-state index contributed by atoms with van der Waals surface area (Å²) in [6.45, 7) is 3.03. The van der Waals surface area contributed by atoms with Gasteiger partial charge in [-0.15, -0.1) is 0 Å². The van der Waals surface area contributed by atoms with Crippen molar-refractivity contribution < 1.29 is 0 Å². The topological polar surface area (TPSA) is 50.9 Å². The van der Waals surface area contributed by atoms with Gasteiger partial charge in [-0.1, -0.05) is 12.8 Å². The molecule has 0 unspecified atom stereocenters. The Kier molecular flexibility index (Phi) is 6.86. The highest BCUT2D eigenvalue weighted by molar-refractivity contribution is 7.98. The van der Waals surface area contributed by atoms with E-state index in [4.69, 9.17) is 5.73 Å². The van der Waals surface area contributed by atoms with E-state index in [0.29, 0.717) is 0 Å². The number of unbranched alkanes of at least 4 members (excludes halogenated alkanes) is 3. The normalized spacial score (nSPS) is 10.5. The first-order chi connectivity index (χ1) is 8.24. The fourth-order valence-electron chi connectivity index (χ4n) is 1.71. The first kappa shape index (κ1) is 14.2. The lowest BCUT2D eigenvalue weighted by atomic mass is 10.2. The van der Waals surface area contributed by atoms with E-state index in [1.165, 1.54) is 31.4 Å². The smallest absolute Gasteiger partial charge is 0.128 e. The highest BCUT2D eigenvalue weighted by Gasteiger charge is 1.99. The van der Waals surface area contributed by atoms with E-state index in [1.807, 2.05) is 24.8 Å². The molecule has 17 heavy (non-hydrogen) atoms. The van der Waals surface area contributed by atoms with Gasteiger partial charge in [0, 0.05) is 6.54 Å². The van der Waals surface area contributed by atoms with Gasteiger partial charge in [0.1, 0.15) is 5.82 Å². The van der Waals surface area contributed by atoms with Gasteiger partial charge in [0.05, 0.1) is 11.9 Å². The quantitative estimate of drug-likeness (QED) is 0.698. The molecule has 3 N–H and O–H groups in total. The molecule has 96 valence electrons. The molecule has 1 aromatic rings. The van der Waals surface area contributed by atoms with Crippen LogP contribution in [0.15, 0.2) is 12.3 Å². The minimum absolute atomic E-state index is 0.727. The Balaban J connectivity index is 2.14. The van der Waals surface area contributed by atoms with Gasteiger partial charge in [0.15, 0.2) is 0 Å². The monoisotopic (exact) mass is 253 g/mol. The van der Waals surface area contributed by atoms with Crippen LogP contribution >= 0.6 is 11.8 Å². The molecule has 1 aromatic heterocycles. The Hall–Kier alpha value is -0.900. The van der Waals surface area contributed by atoms with Crippen LogP contribution in [0.5, 0.6) is 0 Å². The van der Waals surface area contributed by atoms with Crippen LogP contribution in [0.1, 0.15) is 31.2 Å². The van der Waals surface area contributed by atoms with Gasteiger partial charge in [-0.3, -0.25) is 0 Å². The highest BCUT2D eigenvalue weighted by Crippen LogP contribution is 2.14. The number of thioether (sulfide) groups is 1. The van der Waals surface area contributed by atoms with E-state index in [9.17, 15) is 0 Å². The van der Waals surface area contributed by atoms with Crippen LogP contribution in [-0.4, -0.2) is 23.5 Å². The molecule has 0 saturated carbocycles. The van der Waals surface area contributed by atoms with Gasteiger partial charge in [-0.05, 0) is 43.4 Å². The van der Waals surface area contributed by atoms with Crippen LogP contribution in [0.25, 0.3) is 0 Å². The third kappa shape index (κ3) is 5.82. The lowest BCUT2D eigenvalue weighted by Crippen LogP contribution is -2.05. The molecule has 0 aliphatic heterocycles. The third-order valence-corrected chi connectivity index (χ3v) is 3.36. The number of nitrogens with two attached hydrogens (primary N) is 1. The molecule has 0 bridgehead atoms. The number of anilines is 2. The van der Waals surface area contributed by atoms with Crippen molar-refractivity contribution >= 4 is 23.3 Å². The Morgan fingerprint density at radius 2 is 2.06 bits per heavy atom. The fraction of sp³-hybridized carbons (Fsp3) is 0.615. The molecular formula is C13H23N3S. The average Bonchev–Trinajstić information content (AvgIpc) is 2.30. The van der Waals surface area contributed by atoms with Crippen molar-refractivity contribution in [2.75, 3.05) is 29.6 Å².